The summed E-state index contributed by atoms with van der Waals surface area (Å²) in [4.78, 5) is 26.4. The molecule has 1 saturated heterocycles. The van der Waals surface area contributed by atoms with Crippen molar-refractivity contribution in [3.8, 4) is 0 Å². The van der Waals surface area contributed by atoms with Gasteiger partial charge in [0, 0.05) is 12.7 Å². The zero-order chi connectivity index (χ0) is 13.8. The first-order chi connectivity index (χ1) is 9.11. The van der Waals surface area contributed by atoms with Crippen LogP contribution in [0, 0.1) is 0 Å². The second-order valence-corrected chi connectivity index (χ2v) is 4.76. The summed E-state index contributed by atoms with van der Waals surface area (Å²) < 4.78 is 0. The molecule has 1 aromatic rings. The van der Waals surface area contributed by atoms with Gasteiger partial charge in [-0.15, -0.1) is 0 Å². The van der Waals surface area contributed by atoms with Crippen molar-refractivity contribution in [2.24, 2.45) is 5.73 Å². The summed E-state index contributed by atoms with van der Waals surface area (Å²) in [5, 5.41) is 0. The first kappa shape index (κ1) is 13.5. The minimum Gasteiger partial charge on any atom is -0.353 e. The molecular weight excluding hydrogens is 242 g/mol. The van der Waals surface area contributed by atoms with Gasteiger partial charge in [0.25, 0.3) is 0 Å². The summed E-state index contributed by atoms with van der Waals surface area (Å²) in [7, 11) is 1.53. The number of amides is 2. The van der Waals surface area contributed by atoms with Gasteiger partial charge in [0.1, 0.15) is 0 Å². The zero-order valence-electron chi connectivity index (χ0n) is 11.1. The Kier molecular flexibility index (Phi) is 4.16. The Bertz CT molecular complexity index is 469. The molecule has 1 fully saturated rings. The number of carbonyl (C=O) groups excluding carboxylic acids is 2. The van der Waals surface area contributed by atoms with E-state index >= 15 is 0 Å². The first-order valence-electron chi connectivity index (χ1n) is 6.45. The lowest BCUT2D eigenvalue weighted by molar-refractivity contribution is -0.143. The van der Waals surface area contributed by atoms with E-state index in [0.29, 0.717) is 6.54 Å². The van der Waals surface area contributed by atoms with Gasteiger partial charge in [0.05, 0.1) is 13.1 Å². The predicted octanol–water partition coefficient (Wildman–Crippen LogP) is 0.383. The minimum atomic E-state index is -0.163. The summed E-state index contributed by atoms with van der Waals surface area (Å²) in [6.07, 6.45) is 1.85. The molecule has 0 bridgehead atoms. The van der Waals surface area contributed by atoms with E-state index in [1.165, 1.54) is 17.5 Å². The number of hydrogen-bond donors (Lipinski definition) is 1. The highest BCUT2D eigenvalue weighted by Gasteiger charge is 2.28. The lowest BCUT2D eigenvalue weighted by Crippen LogP contribution is -2.52. The number of anilines is 1. The number of piperazine rings is 1. The van der Waals surface area contributed by atoms with E-state index in [0.717, 1.165) is 18.5 Å². The van der Waals surface area contributed by atoms with Crippen LogP contribution in [0.5, 0.6) is 0 Å². The first-order valence-corrected chi connectivity index (χ1v) is 6.45. The third-order valence-electron chi connectivity index (χ3n) is 3.35. The maximum atomic E-state index is 11.7. The van der Waals surface area contributed by atoms with Crippen LogP contribution in [0.3, 0.4) is 0 Å². The van der Waals surface area contributed by atoms with Gasteiger partial charge >= 0.3 is 0 Å². The van der Waals surface area contributed by atoms with Gasteiger partial charge in [-0.3, -0.25) is 14.5 Å². The maximum absolute atomic E-state index is 11.7. The van der Waals surface area contributed by atoms with Crippen LogP contribution < -0.4 is 10.6 Å². The van der Waals surface area contributed by atoms with Crippen molar-refractivity contribution in [2.75, 3.05) is 31.6 Å². The molecule has 1 heterocycles. The summed E-state index contributed by atoms with van der Waals surface area (Å²) in [6.45, 7) is 1.17. The van der Waals surface area contributed by atoms with Crippen molar-refractivity contribution >= 4 is 17.5 Å². The highest BCUT2D eigenvalue weighted by Crippen LogP contribution is 2.19. The normalized spacial score (nSPS) is 16.1. The van der Waals surface area contributed by atoms with Gasteiger partial charge in [-0.05, 0) is 37.1 Å². The van der Waals surface area contributed by atoms with E-state index in [2.05, 4.69) is 0 Å². The molecule has 0 saturated carbocycles. The van der Waals surface area contributed by atoms with Crippen molar-refractivity contribution in [2.45, 2.75) is 12.8 Å². The maximum Gasteiger partial charge on any atom is 0.248 e. The smallest absolute Gasteiger partial charge is 0.248 e. The van der Waals surface area contributed by atoms with E-state index < -0.39 is 0 Å². The second kappa shape index (κ2) is 5.84. The number of aryl methyl sites for hydroxylation is 1. The van der Waals surface area contributed by atoms with Crippen LogP contribution in [0.4, 0.5) is 5.69 Å². The largest absolute Gasteiger partial charge is 0.353 e. The Morgan fingerprint density at radius 1 is 1.21 bits per heavy atom. The average molecular weight is 261 g/mol. The lowest BCUT2D eigenvalue weighted by Gasteiger charge is -2.32. The molecule has 1 aromatic carbocycles. The molecule has 2 rings (SSSR count). The van der Waals surface area contributed by atoms with Crippen LogP contribution in [0.1, 0.15) is 12.0 Å². The van der Waals surface area contributed by atoms with Gasteiger partial charge in [0.15, 0.2) is 0 Å². The number of hydrogen-bond acceptors (Lipinski definition) is 4. The quantitative estimate of drug-likeness (QED) is 0.796. The molecule has 0 radical (unpaired) electrons. The van der Waals surface area contributed by atoms with Gasteiger partial charge < -0.3 is 10.6 Å². The number of imide groups is 1. The van der Waals surface area contributed by atoms with Gasteiger partial charge in [-0.1, -0.05) is 12.1 Å². The molecule has 5 heteroatoms. The Hall–Kier alpha value is -1.88. The molecule has 2 N–H and O–H groups in total. The number of benzene rings is 1. The molecule has 0 aromatic heterocycles. The van der Waals surface area contributed by atoms with Crippen molar-refractivity contribution < 1.29 is 9.59 Å². The molecule has 1 aliphatic rings. The molecule has 5 nitrogen and oxygen atoms in total. The molecule has 2 amide bonds. The molecule has 102 valence electrons. The van der Waals surface area contributed by atoms with Crippen molar-refractivity contribution in [1.82, 2.24) is 4.90 Å². The second-order valence-electron chi connectivity index (χ2n) is 4.76. The molecule has 0 aliphatic carbocycles. The molecule has 0 spiro atoms. The van der Waals surface area contributed by atoms with E-state index in [1.54, 1.807) is 0 Å². The molecule has 0 atom stereocenters. The minimum absolute atomic E-state index is 0.163. The van der Waals surface area contributed by atoms with Crippen LogP contribution in [0.15, 0.2) is 24.3 Å². The SMILES string of the molecule is CN1C(=O)CN(c2cccc(CCCN)c2)CC1=O. The van der Waals surface area contributed by atoms with Crippen molar-refractivity contribution in [3.63, 3.8) is 0 Å². The highest BCUT2D eigenvalue weighted by molar-refractivity contribution is 6.02. The van der Waals surface area contributed by atoms with E-state index in [9.17, 15) is 9.59 Å². The Labute approximate surface area is 113 Å². The van der Waals surface area contributed by atoms with Gasteiger partial charge in [-0.2, -0.15) is 0 Å². The third-order valence-corrected chi connectivity index (χ3v) is 3.35. The molecule has 19 heavy (non-hydrogen) atoms. The molecular formula is C14H19N3O2. The number of nitrogens with two attached hydrogens (primary N) is 1. The van der Waals surface area contributed by atoms with Crippen LogP contribution in [-0.4, -0.2) is 43.4 Å². The van der Waals surface area contributed by atoms with Crippen molar-refractivity contribution in [1.29, 1.82) is 0 Å². The standard InChI is InChI=1S/C14H19N3O2/c1-16-13(18)9-17(10-14(16)19)12-6-2-4-11(8-12)5-3-7-15/h2,4,6,8H,3,5,7,9-10,15H2,1H3. The fraction of sp³-hybridized carbons (Fsp3) is 0.429. The van der Waals surface area contributed by atoms with Gasteiger partial charge in [0.2, 0.25) is 11.8 Å². The fourth-order valence-electron chi connectivity index (χ4n) is 2.13. The van der Waals surface area contributed by atoms with Crippen LogP contribution >= 0.6 is 0 Å². The Balaban J connectivity index is 2.13. The Morgan fingerprint density at radius 2 is 1.89 bits per heavy atom. The number of likely N-dealkylation sites (N-methyl/N-ethyl adjacent to an activating group) is 1. The number of nitrogens with zero attached hydrogens (tertiary/aromatic N) is 2. The fourth-order valence-corrected chi connectivity index (χ4v) is 2.13. The predicted molar refractivity (Wildman–Crippen MR) is 73.8 cm³/mol. The van der Waals surface area contributed by atoms with E-state index in [1.807, 2.05) is 29.2 Å². The topological polar surface area (TPSA) is 66.6 Å². The van der Waals surface area contributed by atoms with Crippen LogP contribution in [0.2, 0.25) is 0 Å². The van der Waals surface area contributed by atoms with Gasteiger partial charge in [-0.25, -0.2) is 0 Å². The number of rotatable bonds is 4. The van der Waals surface area contributed by atoms with Crippen molar-refractivity contribution in [3.05, 3.63) is 29.8 Å². The van der Waals surface area contributed by atoms with Crippen LogP contribution in [-0.2, 0) is 16.0 Å². The summed E-state index contributed by atoms with van der Waals surface area (Å²) >= 11 is 0. The van der Waals surface area contributed by atoms with E-state index in [4.69, 9.17) is 5.73 Å². The summed E-state index contributed by atoms with van der Waals surface area (Å²) in [5.41, 5.74) is 7.61. The monoisotopic (exact) mass is 261 g/mol. The highest BCUT2D eigenvalue weighted by atomic mass is 16.2. The summed E-state index contributed by atoms with van der Waals surface area (Å²) in [6, 6.07) is 7.95. The zero-order valence-corrected chi connectivity index (χ0v) is 11.1. The Morgan fingerprint density at radius 3 is 2.53 bits per heavy atom. The van der Waals surface area contributed by atoms with E-state index in [-0.39, 0.29) is 24.9 Å². The average Bonchev–Trinajstić information content (AvgIpc) is 2.42. The molecule has 0 unspecified atom stereocenters. The third kappa shape index (κ3) is 3.12. The number of carbonyl (C=O) groups is 2. The van der Waals surface area contributed by atoms with Crippen LogP contribution in [0.25, 0.3) is 0 Å². The summed E-state index contributed by atoms with van der Waals surface area (Å²) in [5.74, 6) is -0.327. The lowest BCUT2D eigenvalue weighted by atomic mass is 10.1. The molecule has 1 aliphatic heterocycles.